The molecular formula is C25H46Cl2N2O4. The number of ether oxygens (including phenoxy) is 3. The summed E-state index contributed by atoms with van der Waals surface area (Å²) in [4.78, 5) is 0. The smallest absolute Gasteiger partial charge is 0.161 e. The van der Waals surface area contributed by atoms with E-state index < -0.39 is 6.10 Å². The van der Waals surface area contributed by atoms with Crippen LogP contribution in [-0.2, 0) is 11.2 Å². The van der Waals surface area contributed by atoms with Gasteiger partial charge in [0.15, 0.2) is 11.5 Å². The Labute approximate surface area is 213 Å². The summed E-state index contributed by atoms with van der Waals surface area (Å²) in [6.07, 6.45) is 7.42. The van der Waals surface area contributed by atoms with Crippen LogP contribution < -0.4 is 20.5 Å². The quantitative estimate of drug-likeness (QED) is 0.234. The van der Waals surface area contributed by atoms with Crippen molar-refractivity contribution in [2.24, 2.45) is 17.6 Å². The predicted octanol–water partition coefficient (Wildman–Crippen LogP) is 4.73. The van der Waals surface area contributed by atoms with Crippen molar-refractivity contribution in [3.63, 3.8) is 0 Å². The Kier molecular flexibility index (Phi) is 17.2. The fourth-order valence-electron chi connectivity index (χ4n) is 4.36. The Morgan fingerprint density at radius 3 is 2.36 bits per heavy atom. The number of hydrogen-bond donors (Lipinski definition) is 3. The summed E-state index contributed by atoms with van der Waals surface area (Å²) >= 11 is 0. The van der Waals surface area contributed by atoms with Gasteiger partial charge < -0.3 is 25.1 Å². The molecule has 0 aromatic heterocycles. The molecule has 2 rings (SSSR count). The Morgan fingerprint density at radius 2 is 1.76 bits per heavy atom. The minimum atomic E-state index is -0.516. The average molecular weight is 510 g/mol. The molecule has 1 saturated carbocycles. The molecule has 1 aliphatic carbocycles. The Bertz CT molecular complexity index is 630. The number of halogens is 2. The molecule has 0 unspecified atom stereocenters. The van der Waals surface area contributed by atoms with Crippen LogP contribution in [0.15, 0.2) is 18.2 Å². The molecule has 0 spiro atoms. The molecule has 1 aromatic rings. The van der Waals surface area contributed by atoms with Crippen molar-refractivity contribution in [3.05, 3.63) is 23.8 Å². The fourth-order valence-corrected chi connectivity index (χ4v) is 4.36. The fraction of sp³-hybridized carbons (Fsp3) is 0.760. The van der Waals surface area contributed by atoms with Gasteiger partial charge in [0, 0.05) is 26.2 Å². The first-order chi connectivity index (χ1) is 14.9. The lowest BCUT2D eigenvalue weighted by molar-refractivity contribution is 0.103. The van der Waals surface area contributed by atoms with E-state index in [1.165, 1.54) is 31.2 Å². The first kappa shape index (κ1) is 32.2. The zero-order valence-electron chi connectivity index (χ0n) is 20.8. The third-order valence-electron chi connectivity index (χ3n) is 6.45. The molecule has 0 heterocycles. The lowest BCUT2D eigenvalue weighted by Crippen LogP contribution is -2.50. The van der Waals surface area contributed by atoms with Crippen molar-refractivity contribution >= 4 is 24.8 Å². The second-order valence-electron chi connectivity index (χ2n) is 9.21. The molecule has 0 amide bonds. The highest BCUT2D eigenvalue weighted by Gasteiger charge is 2.23. The number of rotatable bonds is 15. The van der Waals surface area contributed by atoms with Gasteiger partial charge in [-0.25, -0.2) is 0 Å². The molecule has 8 heteroatoms. The minimum absolute atomic E-state index is 0. The van der Waals surface area contributed by atoms with E-state index >= 15 is 0 Å². The normalized spacial score (nSPS) is 16.6. The van der Waals surface area contributed by atoms with Gasteiger partial charge >= 0.3 is 0 Å². The van der Waals surface area contributed by atoms with Gasteiger partial charge in [-0.15, -0.1) is 24.8 Å². The van der Waals surface area contributed by atoms with E-state index in [1.807, 2.05) is 6.07 Å². The molecular weight excluding hydrogens is 463 g/mol. The molecule has 1 fully saturated rings. The number of nitrogens with two attached hydrogens (primary N) is 1. The number of benzene rings is 1. The third kappa shape index (κ3) is 11.5. The molecule has 33 heavy (non-hydrogen) atoms. The van der Waals surface area contributed by atoms with E-state index in [0.717, 1.165) is 30.8 Å². The lowest BCUT2D eigenvalue weighted by atomic mass is 9.84. The van der Waals surface area contributed by atoms with Crippen molar-refractivity contribution < 1.29 is 19.3 Å². The van der Waals surface area contributed by atoms with Gasteiger partial charge in [0.25, 0.3) is 0 Å². The van der Waals surface area contributed by atoms with E-state index in [0.29, 0.717) is 37.5 Å². The molecule has 3 atom stereocenters. The van der Waals surface area contributed by atoms with E-state index in [1.54, 1.807) is 14.2 Å². The van der Waals surface area contributed by atoms with Gasteiger partial charge in [-0.05, 0) is 61.6 Å². The van der Waals surface area contributed by atoms with Crippen LogP contribution in [0, 0.1) is 11.8 Å². The zero-order chi connectivity index (χ0) is 22.6. The van der Waals surface area contributed by atoms with Crippen LogP contribution in [0.2, 0.25) is 0 Å². The molecule has 0 bridgehead atoms. The van der Waals surface area contributed by atoms with Gasteiger partial charge in [0.2, 0.25) is 0 Å². The highest BCUT2D eigenvalue weighted by atomic mass is 35.5. The van der Waals surface area contributed by atoms with Crippen molar-refractivity contribution in [2.75, 3.05) is 27.4 Å². The van der Waals surface area contributed by atoms with Gasteiger partial charge in [-0.3, -0.25) is 5.32 Å². The molecule has 4 N–H and O–H groups in total. The predicted molar refractivity (Wildman–Crippen MR) is 140 cm³/mol. The highest BCUT2D eigenvalue weighted by molar-refractivity contribution is 5.85. The van der Waals surface area contributed by atoms with Crippen LogP contribution in [0.4, 0.5) is 0 Å². The van der Waals surface area contributed by atoms with Gasteiger partial charge in [0.05, 0.1) is 26.0 Å². The summed E-state index contributed by atoms with van der Waals surface area (Å²) in [7, 11) is 3.36. The van der Waals surface area contributed by atoms with Crippen molar-refractivity contribution in [1.82, 2.24) is 5.32 Å². The van der Waals surface area contributed by atoms with Gasteiger partial charge in [-0.1, -0.05) is 32.8 Å². The maximum absolute atomic E-state index is 10.6. The van der Waals surface area contributed by atoms with Crippen molar-refractivity contribution in [2.45, 2.75) is 83.5 Å². The molecule has 194 valence electrons. The first-order valence-corrected chi connectivity index (χ1v) is 11.9. The second kappa shape index (κ2) is 17.6. The summed E-state index contributed by atoms with van der Waals surface area (Å²) in [6.45, 7) is 5.77. The number of methoxy groups -OCH3 is 2. The summed E-state index contributed by atoms with van der Waals surface area (Å²) in [5, 5.41) is 14.0. The summed E-state index contributed by atoms with van der Waals surface area (Å²) in [5.74, 6) is 2.51. The minimum Gasteiger partial charge on any atom is -0.493 e. The van der Waals surface area contributed by atoms with E-state index in [-0.39, 0.29) is 31.0 Å². The third-order valence-corrected chi connectivity index (χ3v) is 6.45. The van der Waals surface area contributed by atoms with E-state index in [2.05, 4.69) is 31.3 Å². The van der Waals surface area contributed by atoms with Crippen LogP contribution in [0.25, 0.3) is 0 Å². The maximum Gasteiger partial charge on any atom is 0.161 e. The van der Waals surface area contributed by atoms with Crippen molar-refractivity contribution in [1.29, 1.82) is 0 Å². The average Bonchev–Trinajstić information content (AvgIpc) is 3.26. The first-order valence-electron chi connectivity index (χ1n) is 11.9. The lowest BCUT2D eigenvalue weighted by Gasteiger charge is -2.27. The molecule has 0 aliphatic heterocycles. The summed E-state index contributed by atoms with van der Waals surface area (Å²) < 4.78 is 16.5. The van der Waals surface area contributed by atoms with Crippen LogP contribution in [-0.4, -0.2) is 50.9 Å². The molecule has 0 radical (unpaired) electrons. The van der Waals surface area contributed by atoms with Crippen molar-refractivity contribution in [3.8, 4) is 11.5 Å². The number of nitrogens with one attached hydrogen (secondary N) is 1. The summed E-state index contributed by atoms with van der Waals surface area (Å²) in [6, 6.07) is 6.65. The van der Waals surface area contributed by atoms with Gasteiger partial charge in [-0.2, -0.15) is 0 Å². The monoisotopic (exact) mass is 508 g/mol. The second-order valence-corrected chi connectivity index (χ2v) is 9.21. The maximum atomic E-state index is 10.6. The van der Waals surface area contributed by atoms with Crippen LogP contribution in [0.3, 0.4) is 0 Å². The molecule has 1 aliphatic rings. The van der Waals surface area contributed by atoms with Crippen LogP contribution in [0.5, 0.6) is 11.5 Å². The van der Waals surface area contributed by atoms with Crippen LogP contribution in [0.1, 0.15) is 64.4 Å². The van der Waals surface area contributed by atoms with E-state index in [9.17, 15) is 5.11 Å². The Morgan fingerprint density at radius 1 is 1.06 bits per heavy atom. The van der Waals surface area contributed by atoms with Crippen LogP contribution >= 0.6 is 24.8 Å². The summed E-state index contributed by atoms with van der Waals surface area (Å²) in [5.41, 5.74) is 7.46. The standard InChI is InChI=1S/C25H44N2O4.2ClH/c1-18(2)20(11-12-22(28)25(26)27-21-8-5-6-9-21)16-19-10-13-23(30-4)24(17-19)31-15-7-14-29-3;;/h10,13,17-18,20-22,25,27-28H,5-9,11-12,14-16,26H2,1-4H3;2*1H/t20-,22-,25-;;/m0../s1. The number of aliphatic hydroxyl groups is 1. The molecule has 6 nitrogen and oxygen atoms in total. The topological polar surface area (TPSA) is 86.0 Å². The van der Waals surface area contributed by atoms with E-state index in [4.69, 9.17) is 19.9 Å². The zero-order valence-corrected chi connectivity index (χ0v) is 22.4. The van der Waals surface area contributed by atoms with Gasteiger partial charge in [0.1, 0.15) is 0 Å². The molecule has 1 aromatic carbocycles. The molecule has 0 saturated heterocycles. The Hall–Kier alpha value is -0.760. The number of hydrogen-bond acceptors (Lipinski definition) is 6. The SMILES string of the molecule is COCCCOc1cc(C[C@H](CC[C@H](O)[C@@H](N)NC2CCCC2)C(C)C)ccc1OC.Cl.Cl. The largest absolute Gasteiger partial charge is 0.493 e. The number of aliphatic hydroxyl groups excluding tert-OH is 1. The highest BCUT2D eigenvalue weighted by Crippen LogP contribution is 2.31. The Balaban J connectivity index is 0.00000512.